The van der Waals surface area contributed by atoms with Gasteiger partial charge in [0.2, 0.25) is 0 Å². The third-order valence-electron chi connectivity index (χ3n) is 3.52. The third kappa shape index (κ3) is 2.51. The van der Waals surface area contributed by atoms with E-state index >= 15 is 0 Å². The van der Waals surface area contributed by atoms with Crippen LogP contribution in [0.2, 0.25) is 5.02 Å². The molecule has 1 atom stereocenters. The van der Waals surface area contributed by atoms with Crippen LogP contribution in [-0.2, 0) is 6.42 Å². The number of ether oxygens (including phenoxy) is 1. The van der Waals surface area contributed by atoms with Gasteiger partial charge in [-0.3, -0.25) is 4.98 Å². The first-order chi connectivity index (χ1) is 9.79. The summed E-state index contributed by atoms with van der Waals surface area (Å²) in [7, 11) is 0. The smallest absolute Gasteiger partial charge is 0.122 e. The van der Waals surface area contributed by atoms with Gasteiger partial charge in [0.15, 0.2) is 0 Å². The maximum Gasteiger partial charge on any atom is 0.122 e. The second-order valence-corrected chi connectivity index (χ2v) is 5.23. The summed E-state index contributed by atoms with van der Waals surface area (Å²) in [6, 6.07) is 10.1. The van der Waals surface area contributed by atoms with Crippen molar-refractivity contribution in [2.75, 3.05) is 13.2 Å². The van der Waals surface area contributed by atoms with E-state index in [9.17, 15) is 0 Å². The van der Waals surface area contributed by atoms with Crippen LogP contribution in [0.25, 0.3) is 0 Å². The first-order valence-corrected chi connectivity index (χ1v) is 7.27. The minimum absolute atomic E-state index is 0.0135. The van der Waals surface area contributed by atoms with Crippen LogP contribution in [0.5, 0.6) is 5.75 Å². The number of rotatable bonds is 4. The van der Waals surface area contributed by atoms with Crippen molar-refractivity contribution >= 4 is 11.6 Å². The molecule has 3 rings (SSSR count). The summed E-state index contributed by atoms with van der Waals surface area (Å²) in [5, 5.41) is 4.15. The summed E-state index contributed by atoms with van der Waals surface area (Å²) < 4.78 is 5.56. The number of benzene rings is 1. The average molecular weight is 289 g/mol. The van der Waals surface area contributed by atoms with Crippen molar-refractivity contribution in [1.29, 1.82) is 0 Å². The molecule has 2 aromatic rings. The van der Waals surface area contributed by atoms with Gasteiger partial charge in [-0.15, -0.1) is 0 Å². The Kier molecular flexibility index (Phi) is 3.90. The van der Waals surface area contributed by atoms with Gasteiger partial charge in [0.25, 0.3) is 0 Å². The monoisotopic (exact) mass is 288 g/mol. The summed E-state index contributed by atoms with van der Waals surface area (Å²) in [5.41, 5.74) is 3.31. The van der Waals surface area contributed by atoms with Crippen molar-refractivity contribution in [1.82, 2.24) is 10.3 Å². The Hall–Kier alpha value is -1.58. The van der Waals surface area contributed by atoms with Crippen LogP contribution >= 0.6 is 11.6 Å². The predicted molar refractivity (Wildman–Crippen MR) is 80.4 cm³/mol. The molecule has 20 heavy (non-hydrogen) atoms. The fraction of sp³-hybridized carbons (Fsp3) is 0.312. The van der Waals surface area contributed by atoms with E-state index in [-0.39, 0.29) is 6.04 Å². The number of pyridine rings is 1. The van der Waals surface area contributed by atoms with Gasteiger partial charge in [-0.2, -0.15) is 0 Å². The molecular weight excluding hydrogens is 272 g/mol. The maximum atomic E-state index is 6.29. The van der Waals surface area contributed by atoms with Crippen LogP contribution in [0, 0.1) is 0 Å². The predicted octanol–water partition coefficient (Wildman–Crippen LogP) is 3.37. The van der Waals surface area contributed by atoms with Crippen LogP contribution in [0.4, 0.5) is 0 Å². The second-order valence-electron chi connectivity index (χ2n) is 4.83. The number of nitrogens with zero attached hydrogens (tertiary/aromatic N) is 1. The van der Waals surface area contributed by atoms with E-state index in [0.29, 0.717) is 5.02 Å². The number of nitrogens with one attached hydrogen (secondary N) is 1. The van der Waals surface area contributed by atoms with E-state index in [1.807, 2.05) is 18.2 Å². The van der Waals surface area contributed by atoms with E-state index in [0.717, 1.165) is 31.0 Å². The Morgan fingerprint density at radius 3 is 3.10 bits per heavy atom. The van der Waals surface area contributed by atoms with Crippen molar-refractivity contribution in [3.05, 3.63) is 58.4 Å². The van der Waals surface area contributed by atoms with Crippen LogP contribution < -0.4 is 10.1 Å². The molecule has 0 fully saturated rings. The minimum atomic E-state index is 0.0135. The van der Waals surface area contributed by atoms with Gasteiger partial charge in [0, 0.05) is 12.6 Å². The Balaban J connectivity index is 2.01. The molecule has 1 aliphatic heterocycles. The van der Waals surface area contributed by atoms with Gasteiger partial charge >= 0.3 is 0 Å². The summed E-state index contributed by atoms with van der Waals surface area (Å²) in [4.78, 5) is 4.44. The molecule has 104 valence electrons. The molecule has 4 heteroatoms. The molecule has 1 aromatic carbocycles. The first-order valence-electron chi connectivity index (χ1n) is 6.89. The fourth-order valence-electron chi connectivity index (χ4n) is 2.57. The van der Waals surface area contributed by atoms with Crippen LogP contribution in [-0.4, -0.2) is 18.1 Å². The lowest BCUT2D eigenvalue weighted by atomic mass is 9.99. The first kappa shape index (κ1) is 13.4. The lowest BCUT2D eigenvalue weighted by Crippen LogP contribution is -2.23. The molecule has 1 aliphatic rings. The second kappa shape index (κ2) is 5.81. The normalized spacial score (nSPS) is 14.7. The summed E-state index contributed by atoms with van der Waals surface area (Å²) in [6.07, 6.45) is 2.75. The van der Waals surface area contributed by atoms with Crippen LogP contribution in [0.1, 0.15) is 29.8 Å². The molecule has 0 radical (unpaired) electrons. The molecule has 1 aromatic heterocycles. The van der Waals surface area contributed by atoms with Gasteiger partial charge in [-0.05, 0) is 35.9 Å². The van der Waals surface area contributed by atoms with E-state index in [1.54, 1.807) is 6.20 Å². The molecule has 1 N–H and O–H groups in total. The highest BCUT2D eigenvalue weighted by atomic mass is 35.5. The summed E-state index contributed by atoms with van der Waals surface area (Å²) in [6.45, 7) is 3.71. The molecule has 1 unspecified atom stereocenters. The van der Waals surface area contributed by atoms with Crippen LogP contribution in [0.3, 0.4) is 0 Å². The molecule has 2 heterocycles. The highest BCUT2D eigenvalue weighted by Crippen LogP contribution is 2.32. The lowest BCUT2D eigenvalue weighted by Gasteiger charge is -2.19. The van der Waals surface area contributed by atoms with Crippen molar-refractivity contribution < 1.29 is 4.74 Å². The number of fused-ring (bicyclic) bond motifs is 1. The van der Waals surface area contributed by atoms with Crippen molar-refractivity contribution in [3.63, 3.8) is 0 Å². The molecule has 0 aliphatic carbocycles. The summed E-state index contributed by atoms with van der Waals surface area (Å²) in [5.74, 6) is 0.996. The van der Waals surface area contributed by atoms with Gasteiger partial charge in [0.1, 0.15) is 5.75 Å². The third-order valence-corrected chi connectivity index (χ3v) is 3.84. The molecule has 0 spiro atoms. The molecule has 0 saturated heterocycles. The van der Waals surface area contributed by atoms with E-state index in [2.05, 4.69) is 29.4 Å². The zero-order valence-corrected chi connectivity index (χ0v) is 12.2. The van der Waals surface area contributed by atoms with Gasteiger partial charge in [-0.1, -0.05) is 30.7 Å². The van der Waals surface area contributed by atoms with Gasteiger partial charge < -0.3 is 10.1 Å². The Morgan fingerprint density at radius 2 is 2.30 bits per heavy atom. The Labute approximate surface area is 123 Å². The van der Waals surface area contributed by atoms with E-state index < -0.39 is 0 Å². The van der Waals surface area contributed by atoms with E-state index in [1.165, 1.54) is 11.1 Å². The van der Waals surface area contributed by atoms with Crippen LogP contribution in [0.15, 0.2) is 36.5 Å². The highest BCUT2D eigenvalue weighted by molar-refractivity contribution is 6.31. The van der Waals surface area contributed by atoms with Crippen molar-refractivity contribution in [2.24, 2.45) is 0 Å². The summed E-state index contributed by atoms with van der Waals surface area (Å²) >= 11 is 6.29. The molecule has 0 amide bonds. The minimum Gasteiger partial charge on any atom is -0.493 e. The van der Waals surface area contributed by atoms with Gasteiger partial charge in [0.05, 0.1) is 23.4 Å². The molecule has 0 bridgehead atoms. The number of halogens is 1. The zero-order valence-electron chi connectivity index (χ0n) is 11.4. The van der Waals surface area contributed by atoms with E-state index in [4.69, 9.17) is 16.3 Å². The highest BCUT2D eigenvalue weighted by Gasteiger charge is 2.20. The maximum absolute atomic E-state index is 6.29. The SMILES string of the molecule is CCNC(c1ccc2c(c1)CCO2)c1ncccc1Cl. The average Bonchev–Trinajstić information content (AvgIpc) is 2.93. The fourth-order valence-corrected chi connectivity index (χ4v) is 2.80. The largest absolute Gasteiger partial charge is 0.493 e. The Bertz CT molecular complexity index is 615. The van der Waals surface area contributed by atoms with Crippen molar-refractivity contribution in [2.45, 2.75) is 19.4 Å². The van der Waals surface area contributed by atoms with Crippen molar-refractivity contribution in [3.8, 4) is 5.75 Å². The number of hydrogen-bond donors (Lipinski definition) is 1. The van der Waals surface area contributed by atoms with Gasteiger partial charge in [-0.25, -0.2) is 0 Å². The molecule has 3 nitrogen and oxygen atoms in total. The number of aromatic nitrogens is 1. The Morgan fingerprint density at radius 1 is 1.40 bits per heavy atom. The standard InChI is InChI=1S/C16H17ClN2O/c1-2-18-15(16-13(17)4-3-8-19-16)12-5-6-14-11(10-12)7-9-20-14/h3-6,8,10,15,18H,2,7,9H2,1H3. The lowest BCUT2D eigenvalue weighted by molar-refractivity contribution is 0.357. The quantitative estimate of drug-likeness (QED) is 0.937. The number of hydrogen-bond acceptors (Lipinski definition) is 3. The molecule has 0 saturated carbocycles. The molecular formula is C16H17ClN2O. The zero-order chi connectivity index (χ0) is 13.9. The topological polar surface area (TPSA) is 34.1 Å².